The highest BCUT2D eigenvalue weighted by molar-refractivity contribution is 5.14. The molecule has 2 aliphatic rings. The third-order valence-electron chi connectivity index (χ3n) is 4.02. The molecule has 2 fully saturated rings. The van der Waals surface area contributed by atoms with E-state index in [1.807, 2.05) is 0 Å². The van der Waals surface area contributed by atoms with Crippen molar-refractivity contribution in [1.82, 2.24) is 10.2 Å². The maximum absolute atomic E-state index is 3.73. The molecule has 3 rings (SSSR count). The molecule has 1 aromatic carbocycles. The van der Waals surface area contributed by atoms with Crippen LogP contribution in [0.1, 0.15) is 24.8 Å². The van der Waals surface area contributed by atoms with E-state index in [2.05, 4.69) is 40.5 Å². The fourth-order valence-electron chi connectivity index (χ4n) is 3.17. The second-order valence-electron chi connectivity index (χ2n) is 5.01. The van der Waals surface area contributed by atoms with E-state index in [0.717, 1.165) is 18.6 Å². The maximum atomic E-state index is 3.73. The molecule has 2 saturated heterocycles. The van der Waals surface area contributed by atoms with Gasteiger partial charge >= 0.3 is 0 Å². The van der Waals surface area contributed by atoms with E-state index < -0.39 is 0 Å². The highest BCUT2D eigenvalue weighted by Gasteiger charge is 2.36. The quantitative estimate of drug-likeness (QED) is 0.831. The van der Waals surface area contributed by atoms with Gasteiger partial charge in [0.2, 0.25) is 0 Å². The zero-order valence-corrected chi connectivity index (χ0v) is 9.73. The second kappa shape index (κ2) is 4.56. The van der Waals surface area contributed by atoms with Crippen LogP contribution in [-0.2, 0) is 6.54 Å². The lowest BCUT2D eigenvalue weighted by molar-refractivity contribution is 0.298. The summed E-state index contributed by atoms with van der Waals surface area (Å²) in [4.78, 5) is 2.66. The van der Waals surface area contributed by atoms with Gasteiger partial charge in [-0.25, -0.2) is 0 Å². The van der Waals surface area contributed by atoms with Crippen molar-refractivity contribution in [2.75, 3.05) is 13.1 Å². The van der Waals surface area contributed by atoms with Crippen LogP contribution < -0.4 is 5.32 Å². The summed E-state index contributed by atoms with van der Waals surface area (Å²) in [6, 6.07) is 12.3. The largest absolute Gasteiger partial charge is 0.308 e. The molecule has 0 bridgehead atoms. The molecule has 2 unspecified atom stereocenters. The third kappa shape index (κ3) is 2.00. The van der Waals surface area contributed by atoms with Gasteiger partial charge in [0.1, 0.15) is 0 Å². The van der Waals surface area contributed by atoms with Crippen LogP contribution in [0.15, 0.2) is 30.3 Å². The van der Waals surface area contributed by atoms with Gasteiger partial charge in [0.15, 0.2) is 0 Å². The van der Waals surface area contributed by atoms with Crippen LogP contribution in [0.2, 0.25) is 0 Å². The van der Waals surface area contributed by atoms with Gasteiger partial charge in [-0.1, -0.05) is 30.3 Å². The van der Waals surface area contributed by atoms with Crippen LogP contribution >= 0.6 is 0 Å². The molecule has 0 amide bonds. The molecule has 1 aromatic rings. The Morgan fingerprint density at radius 3 is 2.88 bits per heavy atom. The minimum Gasteiger partial charge on any atom is -0.308 e. The van der Waals surface area contributed by atoms with Crippen molar-refractivity contribution in [2.45, 2.75) is 37.9 Å². The normalized spacial score (nSPS) is 29.5. The first-order valence-electron chi connectivity index (χ1n) is 6.45. The van der Waals surface area contributed by atoms with Gasteiger partial charge in [-0.15, -0.1) is 0 Å². The summed E-state index contributed by atoms with van der Waals surface area (Å²) in [6.45, 7) is 3.65. The molecule has 0 spiro atoms. The highest BCUT2D eigenvalue weighted by atomic mass is 15.2. The lowest BCUT2D eigenvalue weighted by atomic mass is 10.1. The van der Waals surface area contributed by atoms with E-state index >= 15 is 0 Å². The van der Waals surface area contributed by atoms with Crippen molar-refractivity contribution in [3.63, 3.8) is 0 Å². The lowest BCUT2D eigenvalue weighted by Gasteiger charge is -2.21. The van der Waals surface area contributed by atoms with E-state index in [1.165, 1.54) is 37.9 Å². The first-order valence-corrected chi connectivity index (χ1v) is 6.45. The molecule has 2 heterocycles. The Kier molecular flexibility index (Phi) is 2.94. The molecule has 2 atom stereocenters. The molecule has 0 aliphatic carbocycles. The number of nitrogens with zero attached hydrogens (tertiary/aromatic N) is 1. The van der Waals surface area contributed by atoms with Crippen molar-refractivity contribution in [3.8, 4) is 0 Å². The Morgan fingerprint density at radius 1 is 1.12 bits per heavy atom. The Morgan fingerprint density at radius 2 is 2.00 bits per heavy atom. The Bertz CT molecular complexity index is 336. The molecule has 0 saturated carbocycles. The van der Waals surface area contributed by atoms with Crippen molar-refractivity contribution in [1.29, 1.82) is 0 Å². The SMILES string of the molecule is c1ccc(CNC2CCN3CCCC23)cc1. The average molecular weight is 216 g/mol. The predicted molar refractivity (Wildman–Crippen MR) is 66.3 cm³/mol. The zero-order chi connectivity index (χ0) is 10.8. The molecule has 1 N–H and O–H groups in total. The van der Waals surface area contributed by atoms with Gasteiger partial charge in [0.05, 0.1) is 0 Å². The second-order valence-corrected chi connectivity index (χ2v) is 5.01. The van der Waals surface area contributed by atoms with E-state index in [-0.39, 0.29) is 0 Å². The maximum Gasteiger partial charge on any atom is 0.0250 e. The van der Waals surface area contributed by atoms with Gasteiger partial charge in [-0.2, -0.15) is 0 Å². The summed E-state index contributed by atoms with van der Waals surface area (Å²) in [6.07, 6.45) is 4.12. The Hall–Kier alpha value is -0.860. The fourth-order valence-corrected chi connectivity index (χ4v) is 3.17. The smallest absolute Gasteiger partial charge is 0.0250 e. The van der Waals surface area contributed by atoms with Gasteiger partial charge in [-0.05, 0) is 31.4 Å². The molecule has 2 nitrogen and oxygen atoms in total. The van der Waals surface area contributed by atoms with Crippen LogP contribution in [0.25, 0.3) is 0 Å². The summed E-state index contributed by atoms with van der Waals surface area (Å²) in [7, 11) is 0. The van der Waals surface area contributed by atoms with Crippen LogP contribution in [0.3, 0.4) is 0 Å². The highest BCUT2D eigenvalue weighted by Crippen LogP contribution is 2.27. The summed E-state index contributed by atoms with van der Waals surface area (Å²) in [5.41, 5.74) is 1.40. The summed E-state index contributed by atoms with van der Waals surface area (Å²) in [5, 5.41) is 3.73. The molecule has 2 heteroatoms. The summed E-state index contributed by atoms with van der Waals surface area (Å²) >= 11 is 0. The molecule has 16 heavy (non-hydrogen) atoms. The molecular formula is C14H20N2. The van der Waals surface area contributed by atoms with E-state index in [4.69, 9.17) is 0 Å². The molecular weight excluding hydrogens is 196 g/mol. The van der Waals surface area contributed by atoms with Gasteiger partial charge in [0, 0.05) is 25.2 Å². The molecule has 0 radical (unpaired) electrons. The topological polar surface area (TPSA) is 15.3 Å². The number of hydrogen-bond acceptors (Lipinski definition) is 2. The standard InChI is InChI=1S/C14H20N2/c1-2-5-12(6-3-1)11-15-13-8-10-16-9-4-7-14(13)16/h1-3,5-6,13-15H,4,7-11H2. The molecule has 86 valence electrons. The van der Waals surface area contributed by atoms with Gasteiger partial charge in [-0.3, -0.25) is 4.90 Å². The first kappa shape index (κ1) is 10.3. The number of rotatable bonds is 3. The van der Waals surface area contributed by atoms with Crippen molar-refractivity contribution >= 4 is 0 Å². The predicted octanol–water partition coefficient (Wildman–Crippen LogP) is 2.01. The van der Waals surface area contributed by atoms with Crippen LogP contribution in [0.4, 0.5) is 0 Å². The third-order valence-corrected chi connectivity index (χ3v) is 4.02. The Labute approximate surface area is 97.6 Å². The first-order chi connectivity index (χ1) is 7.93. The van der Waals surface area contributed by atoms with Crippen molar-refractivity contribution in [2.24, 2.45) is 0 Å². The van der Waals surface area contributed by atoms with Gasteiger partial charge < -0.3 is 5.32 Å². The van der Waals surface area contributed by atoms with Crippen molar-refractivity contribution < 1.29 is 0 Å². The van der Waals surface area contributed by atoms with Crippen LogP contribution in [0, 0.1) is 0 Å². The van der Waals surface area contributed by atoms with Crippen LogP contribution in [0.5, 0.6) is 0 Å². The number of fused-ring (bicyclic) bond motifs is 1. The van der Waals surface area contributed by atoms with Crippen LogP contribution in [-0.4, -0.2) is 30.1 Å². The van der Waals surface area contributed by atoms with Crippen molar-refractivity contribution in [3.05, 3.63) is 35.9 Å². The monoisotopic (exact) mass is 216 g/mol. The van der Waals surface area contributed by atoms with Gasteiger partial charge in [0.25, 0.3) is 0 Å². The number of hydrogen-bond donors (Lipinski definition) is 1. The van der Waals surface area contributed by atoms with E-state index in [9.17, 15) is 0 Å². The molecule has 2 aliphatic heterocycles. The number of nitrogens with one attached hydrogen (secondary N) is 1. The zero-order valence-electron chi connectivity index (χ0n) is 9.73. The lowest BCUT2D eigenvalue weighted by Crippen LogP contribution is -2.38. The summed E-state index contributed by atoms with van der Waals surface area (Å²) < 4.78 is 0. The number of benzene rings is 1. The van der Waals surface area contributed by atoms with E-state index in [1.54, 1.807) is 0 Å². The van der Waals surface area contributed by atoms with E-state index in [0.29, 0.717) is 0 Å². The molecule has 0 aromatic heterocycles. The summed E-state index contributed by atoms with van der Waals surface area (Å²) in [5.74, 6) is 0. The Balaban J connectivity index is 1.56. The minimum atomic E-state index is 0.725. The average Bonchev–Trinajstić information content (AvgIpc) is 2.90. The minimum absolute atomic E-state index is 0.725. The fraction of sp³-hybridized carbons (Fsp3) is 0.571.